The summed E-state index contributed by atoms with van der Waals surface area (Å²) in [7, 11) is 0. The molecule has 0 fully saturated rings. The van der Waals surface area contributed by atoms with Crippen LogP contribution in [0, 0.1) is 0 Å². The molecule has 2 heteroatoms. The average molecular weight is 592 g/mol. The zero-order chi connectivity index (χ0) is 29.7. The van der Waals surface area contributed by atoms with Crippen LogP contribution in [-0.4, -0.2) is 0 Å². The molecular formula is C43H29NS. The first-order valence-corrected chi connectivity index (χ1v) is 16.3. The maximum Gasteiger partial charge on any atom is 0.0696 e. The molecule has 7 aromatic carbocycles. The smallest absolute Gasteiger partial charge is 0.0696 e. The van der Waals surface area contributed by atoms with Crippen LogP contribution in [0.25, 0.3) is 69.5 Å². The largest absolute Gasteiger partial charge is 0.380 e. The van der Waals surface area contributed by atoms with E-state index in [1.165, 1.54) is 80.7 Å². The van der Waals surface area contributed by atoms with E-state index in [4.69, 9.17) is 0 Å². The molecule has 8 aromatic rings. The van der Waals surface area contributed by atoms with Crippen LogP contribution >= 0.6 is 11.3 Å². The molecule has 1 N–H and O–H groups in total. The van der Waals surface area contributed by atoms with E-state index in [0.717, 1.165) is 0 Å². The van der Waals surface area contributed by atoms with Gasteiger partial charge < -0.3 is 5.32 Å². The molecule has 0 aliphatic carbocycles. The number of fused-ring (bicyclic) bond motifs is 5. The first-order valence-electron chi connectivity index (χ1n) is 15.5. The fourth-order valence-electron chi connectivity index (χ4n) is 6.99. The van der Waals surface area contributed by atoms with Gasteiger partial charge in [0.05, 0.1) is 6.04 Å². The molecule has 45 heavy (non-hydrogen) atoms. The van der Waals surface area contributed by atoms with E-state index < -0.39 is 0 Å². The Hall–Kier alpha value is -5.44. The van der Waals surface area contributed by atoms with Gasteiger partial charge in [-0.2, -0.15) is 0 Å². The van der Waals surface area contributed by atoms with Crippen molar-refractivity contribution in [2.24, 2.45) is 0 Å². The molecule has 0 radical (unpaired) electrons. The molecule has 1 unspecified atom stereocenters. The first kappa shape index (κ1) is 26.0. The summed E-state index contributed by atoms with van der Waals surface area (Å²) in [5, 5.41) is 11.5. The normalized spacial score (nSPS) is 14.7. The van der Waals surface area contributed by atoms with Crippen LogP contribution in [0.4, 0.5) is 0 Å². The fraction of sp³-hybridized carbons (Fsp3) is 0.0233. The van der Waals surface area contributed by atoms with Gasteiger partial charge in [0.2, 0.25) is 0 Å². The molecule has 0 amide bonds. The Morgan fingerprint density at radius 1 is 0.444 bits per heavy atom. The Balaban J connectivity index is 1.05. The number of thiophene rings is 1. The van der Waals surface area contributed by atoms with Gasteiger partial charge >= 0.3 is 0 Å². The summed E-state index contributed by atoms with van der Waals surface area (Å²) in [4.78, 5) is 0. The summed E-state index contributed by atoms with van der Waals surface area (Å²) >= 11 is 1.86. The average Bonchev–Trinajstić information content (AvgIpc) is 3.49. The van der Waals surface area contributed by atoms with Crippen molar-refractivity contribution < 1.29 is 0 Å². The summed E-state index contributed by atoms with van der Waals surface area (Å²) in [5.41, 5.74) is 8.76. The lowest BCUT2D eigenvalue weighted by molar-refractivity contribution is 0.749. The molecule has 2 heterocycles. The van der Waals surface area contributed by atoms with Crippen molar-refractivity contribution in [1.82, 2.24) is 5.32 Å². The third-order valence-electron chi connectivity index (χ3n) is 9.15. The molecule has 212 valence electrons. The zero-order valence-corrected chi connectivity index (χ0v) is 25.4. The van der Waals surface area contributed by atoms with Crippen molar-refractivity contribution in [3.05, 3.63) is 175 Å². The molecule has 1 atom stereocenters. The fourth-order valence-corrected chi connectivity index (χ4v) is 8.08. The van der Waals surface area contributed by atoms with Crippen molar-refractivity contribution in [1.29, 1.82) is 0 Å². The van der Waals surface area contributed by atoms with Gasteiger partial charge in [0.1, 0.15) is 0 Å². The Morgan fingerprint density at radius 2 is 1.02 bits per heavy atom. The summed E-state index contributed by atoms with van der Waals surface area (Å²) in [5.74, 6) is 0. The van der Waals surface area contributed by atoms with Gasteiger partial charge in [-0.05, 0) is 78.7 Å². The Bertz CT molecular complexity index is 2390. The minimum Gasteiger partial charge on any atom is -0.380 e. The number of benzene rings is 7. The summed E-state index contributed by atoms with van der Waals surface area (Å²) < 4.78 is 2.68. The third-order valence-corrected chi connectivity index (χ3v) is 10.3. The van der Waals surface area contributed by atoms with Crippen molar-refractivity contribution in [3.63, 3.8) is 0 Å². The minimum absolute atomic E-state index is 0.118. The van der Waals surface area contributed by atoms with Crippen molar-refractivity contribution in [2.45, 2.75) is 6.04 Å². The highest BCUT2D eigenvalue weighted by molar-refractivity contribution is 7.25. The minimum atomic E-state index is 0.118. The number of rotatable bonds is 4. The predicted molar refractivity (Wildman–Crippen MR) is 195 cm³/mol. The van der Waals surface area contributed by atoms with Crippen LogP contribution in [0.15, 0.2) is 164 Å². The van der Waals surface area contributed by atoms with E-state index in [-0.39, 0.29) is 6.04 Å². The number of allylic oxidation sites excluding steroid dienone is 2. The Labute approximate surface area is 266 Å². The number of hydrogen-bond acceptors (Lipinski definition) is 2. The standard InChI is InChI=1S/C43H29NS/c1-2-10-30(11-3-1)42-34-13-4-6-15-36(34)43(37-16-7-5-14-35(37)42)32-22-24-39(44-27-32)29-20-18-28(19-21-29)31-23-25-41-38(26-31)33-12-8-9-17-40(33)45-41/h1-27,39,44H. The molecule has 0 spiro atoms. The van der Waals surface area contributed by atoms with E-state index in [9.17, 15) is 0 Å². The molecular weight excluding hydrogens is 563 g/mol. The maximum atomic E-state index is 3.71. The quantitative estimate of drug-likeness (QED) is 0.201. The van der Waals surface area contributed by atoms with Gasteiger partial charge in [0.25, 0.3) is 0 Å². The van der Waals surface area contributed by atoms with E-state index in [2.05, 4.69) is 169 Å². The van der Waals surface area contributed by atoms with E-state index in [1.54, 1.807) is 0 Å². The molecule has 0 bridgehead atoms. The summed E-state index contributed by atoms with van der Waals surface area (Å²) in [6, 6.07) is 53.1. The Morgan fingerprint density at radius 3 is 1.69 bits per heavy atom. The second-order valence-electron chi connectivity index (χ2n) is 11.7. The highest BCUT2D eigenvalue weighted by Gasteiger charge is 2.19. The lowest BCUT2D eigenvalue weighted by Gasteiger charge is -2.22. The SMILES string of the molecule is C1=CC(c2ccc(-c3ccc4sc5ccccc5c4c3)cc2)NC=C1c1c2ccccc2c(-c2ccccc2)c2ccccc12. The molecule has 1 aliphatic rings. The lowest BCUT2D eigenvalue weighted by Crippen LogP contribution is -2.16. The zero-order valence-electron chi connectivity index (χ0n) is 24.6. The first-order chi connectivity index (χ1) is 22.3. The molecule has 1 nitrogen and oxygen atoms in total. The highest BCUT2D eigenvalue weighted by atomic mass is 32.1. The molecule has 0 saturated heterocycles. The number of dihydropyridines is 1. The Kier molecular flexibility index (Phi) is 6.14. The van der Waals surface area contributed by atoms with E-state index in [0.29, 0.717) is 0 Å². The second-order valence-corrected chi connectivity index (χ2v) is 12.8. The van der Waals surface area contributed by atoms with Crippen LogP contribution in [0.2, 0.25) is 0 Å². The van der Waals surface area contributed by atoms with Crippen LogP contribution in [0.5, 0.6) is 0 Å². The van der Waals surface area contributed by atoms with Crippen LogP contribution in [-0.2, 0) is 0 Å². The monoisotopic (exact) mass is 591 g/mol. The van der Waals surface area contributed by atoms with Crippen molar-refractivity contribution in [3.8, 4) is 22.3 Å². The van der Waals surface area contributed by atoms with Crippen LogP contribution in [0.1, 0.15) is 17.2 Å². The second kappa shape index (κ2) is 10.6. The summed E-state index contributed by atoms with van der Waals surface area (Å²) in [6.07, 6.45) is 6.79. The maximum absolute atomic E-state index is 3.71. The predicted octanol–water partition coefficient (Wildman–Crippen LogP) is 11.9. The highest BCUT2D eigenvalue weighted by Crippen LogP contribution is 2.43. The summed E-state index contributed by atoms with van der Waals surface area (Å²) in [6.45, 7) is 0. The molecule has 0 saturated carbocycles. The van der Waals surface area contributed by atoms with Crippen molar-refractivity contribution in [2.75, 3.05) is 0 Å². The van der Waals surface area contributed by atoms with Gasteiger partial charge in [-0.3, -0.25) is 0 Å². The van der Waals surface area contributed by atoms with Gasteiger partial charge in [0.15, 0.2) is 0 Å². The van der Waals surface area contributed by atoms with Gasteiger partial charge in [-0.1, -0.05) is 140 Å². The van der Waals surface area contributed by atoms with Gasteiger partial charge in [0, 0.05) is 26.4 Å². The van der Waals surface area contributed by atoms with Crippen LogP contribution < -0.4 is 5.32 Å². The molecule has 9 rings (SSSR count). The number of nitrogens with one attached hydrogen (secondary N) is 1. The van der Waals surface area contributed by atoms with Gasteiger partial charge in [-0.25, -0.2) is 0 Å². The third kappa shape index (κ3) is 4.37. The van der Waals surface area contributed by atoms with Crippen molar-refractivity contribution >= 4 is 58.6 Å². The van der Waals surface area contributed by atoms with E-state index in [1.807, 2.05) is 11.3 Å². The lowest BCUT2D eigenvalue weighted by atomic mass is 9.85. The molecule has 1 aromatic heterocycles. The molecule has 1 aliphatic heterocycles. The van der Waals surface area contributed by atoms with E-state index >= 15 is 0 Å². The number of hydrogen-bond donors (Lipinski definition) is 1. The van der Waals surface area contributed by atoms with Crippen LogP contribution in [0.3, 0.4) is 0 Å². The topological polar surface area (TPSA) is 12.0 Å². The van der Waals surface area contributed by atoms with Gasteiger partial charge in [-0.15, -0.1) is 11.3 Å².